The molecule has 0 aliphatic heterocycles. The van der Waals surface area contributed by atoms with E-state index in [0.29, 0.717) is 0 Å². The third-order valence-corrected chi connectivity index (χ3v) is 2.94. The van der Waals surface area contributed by atoms with Gasteiger partial charge in [0, 0.05) is 6.42 Å². The van der Waals surface area contributed by atoms with Crippen LogP contribution in [0.1, 0.15) is 36.9 Å². The Bertz CT molecular complexity index is 443. The number of benzene rings is 1. The third-order valence-electron chi connectivity index (χ3n) is 2.94. The first kappa shape index (κ1) is 15.2. The number of rotatable bonds is 6. The molecule has 5 nitrogen and oxygen atoms in total. The van der Waals surface area contributed by atoms with E-state index in [9.17, 15) is 9.59 Å². The van der Waals surface area contributed by atoms with Crippen LogP contribution in [0.15, 0.2) is 24.3 Å². The summed E-state index contributed by atoms with van der Waals surface area (Å²) in [6.45, 7) is 3.86. The monoisotopic (exact) mass is 264 g/mol. The van der Waals surface area contributed by atoms with Crippen molar-refractivity contribution < 1.29 is 14.7 Å². The molecule has 0 saturated carbocycles. The first-order valence-corrected chi connectivity index (χ1v) is 6.24. The van der Waals surface area contributed by atoms with Crippen molar-refractivity contribution in [2.75, 3.05) is 0 Å². The van der Waals surface area contributed by atoms with Crippen molar-refractivity contribution in [1.29, 1.82) is 0 Å². The molecule has 1 aromatic carbocycles. The Morgan fingerprint density at radius 2 is 1.89 bits per heavy atom. The van der Waals surface area contributed by atoms with Gasteiger partial charge in [-0.05, 0) is 25.8 Å². The second-order valence-electron chi connectivity index (χ2n) is 4.68. The number of carbonyl (C=O) groups excluding carboxylic acids is 1. The quantitative estimate of drug-likeness (QED) is 0.723. The molecular formula is C14H20N2O3. The highest BCUT2D eigenvalue weighted by Crippen LogP contribution is 2.13. The number of nitrogens with two attached hydrogens (primary N) is 1. The summed E-state index contributed by atoms with van der Waals surface area (Å²) >= 11 is 0. The van der Waals surface area contributed by atoms with Gasteiger partial charge in [-0.3, -0.25) is 9.59 Å². The average Bonchev–Trinajstić information content (AvgIpc) is 2.36. The maximum atomic E-state index is 11.8. The van der Waals surface area contributed by atoms with Crippen LogP contribution in [-0.4, -0.2) is 23.0 Å². The zero-order chi connectivity index (χ0) is 14.4. The van der Waals surface area contributed by atoms with Crippen molar-refractivity contribution in [3.8, 4) is 0 Å². The Hall–Kier alpha value is -1.88. The molecule has 5 heteroatoms. The number of aliphatic carboxylic acids is 1. The zero-order valence-corrected chi connectivity index (χ0v) is 11.2. The summed E-state index contributed by atoms with van der Waals surface area (Å²) < 4.78 is 0. The summed E-state index contributed by atoms with van der Waals surface area (Å²) in [5, 5.41) is 11.3. The van der Waals surface area contributed by atoms with Crippen LogP contribution in [0.25, 0.3) is 0 Å². The number of amides is 1. The fourth-order valence-electron chi connectivity index (χ4n) is 1.67. The van der Waals surface area contributed by atoms with Crippen LogP contribution >= 0.6 is 0 Å². The number of hydrogen-bond donors (Lipinski definition) is 3. The van der Waals surface area contributed by atoms with Crippen LogP contribution in [0, 0.1) is 6.92 Å². The van der Waals surface area contributed by atoms with E-state index >= 15 is 0 Å². The Balaban J connectivity index is 2.51. The molecular weight excluding hydrogens is 244 g/mol. The Morgan fingerprint density at radius 1 is 1.32 bits per heavy atom. The summed E-state index contributed by atoms with van der Waals surface area (Å²) in [4.78, 5) is 22.2. The van der Waals surface area contributed by atoms with Crippen molar-refractivity contribution >= 4 is 11.9 Å². The lowest BCUT2D eigenvalue weighted by Crippen LogP contribution is -2.41. The Kier molecular flexibility index (Phi) is 5.51. The first-order valence-electron chi connectivity index (χ1n) is 6.24. The van der Waals surface area contributed by atoms with Crippen LogP contribution in [0.2, 0.25) is 0 Å². The number of carbonyl (C=O) groups is 2. The molecule has 19 heavy (non-hydrogen) atoms. The summed E-state index contributed by atoms with van der Waals surface area (Å²) in [5.74, 6) is -1.27. The molecule has 0 aromatic heterocycles. The van der Waals surface area contributed by atoms with Crippen molar-refractivity contribution in [3.05, 3.63) is 35.4 Å². The molecule has 0 aliphatic carbocycles. The van der Waals surface area contributed by atoms with E-state index in [4.69, 9.17) is 10.8 Å². The minimum absolute atomic E-state index is 0.104. The van der Waals surface area contributed by atoms with Gasteiger partial charge in [-0.25, -0.2) is 0 Å². The highest BCUT2D eigenvalue weighted by Gasteiger charge is 2.17. The highest BCUT2D eigenvalue weighted by molar-refractivity contribution is 5.82. The summed E-state index contributed by atoms with van der Waals surface area (Å²) in [5.41, 5.74) is 7.78. The van der Waals surface area contributed by atoms with Crippen LogP contribution < -0.4 is 11.1 Å². The van der Waals surface area contributed by atoms with Gasteiger partial charge < -0.3 is 16.2 Å². The number of hydrogen-bond acceptors (Lipinski definition) is 3. The van der Waals surface area contributed by atoms with Crippen LogP contribution in [0.5, 0.6) is 0 Å². The molecule has 4 N–H and O–H groups in total. The number of carboxylic acid groups (broad SMARTS) is 1. The average molecular weight is 264 g/mol. The van der Waals surface area contributed by atoms with E-state index < -0.39 is 12.0 Å². The molecule has 0 radical (unpaired) electrons. The van der Waals surface area contributed by atoms with Crippen LogP contribution in [-0.2, 0) is 9.59 Å². The lowest BCUT2D eigenvalue weighted by atomic mass is 10.1. The lowest BCUT2D eigenvalue weighted by Gasteiger charge is -2.17. The molecule has 0 heterocycles. The minimum atomic E-state index is -0.949. The second-order valence-corrected chi connectivity index (χ2v) is 4.68. The van der Waals surface area contributed by atoms with Crippen molar-refractivity contribution in [2.45, 2.75) is 38.8 Å². The molecule has 1 amide bonds. The van der Waals surface area contributed by atoms with Gasteiger partial charge in [0.25, 0.3) is 0 Å². The number of aryl methyl sites for hydroxylation is 1. The Morgan fingerprint density at radius 3 is 2.42 bits per heavy atom. The lowest BCUT2D eigenvalue weighted by molar-refractivity contribution is -0.137. The van der Waals surface area contributed by atoms with Gasteiger partial charge in [0.2, 0.25) is 5.91 Å². The summed E-state index contributed by atoms with van der Waals surface area (Å²) in [6, 6.07) is 6.91. The second kappa shape index (κ2) is 6.89. The molecule has 1 unspecified atom stereocenters. The normalized spacial score (nSPS) is 13.6. The molecule has 0 spiro atoms. The van der Waals surface area contributed by atoms with Crippen molar-refractivity contribution in [2.24, 2.45) is 5.73 Å². The maximum Gasteiger partial charge on any atom is 0.303 e. The van der Waals surface area contributed by atoms with Gasteiger partial charge in [-0.1, -0.05) is 29.8 Å². The molecule has 0 aliphatic rings. The topological polar surface area (TPSA) is 92.4 Å². The zero-order valence-electron chi connectivity index (χ0n) is 11.2. The van der Waals surface area contributed by atoms with Gasteiger partial charge in [-0.15, -0.1) is 0 Å². The fraction of sp³-hybridized carbons (Fsp3) is 0.429. The number of nitrogens with one attached hydrogen (secondary N) is 1. The van der Waals surface area contributed by atoms with Crippen LogP contribution in [0.3, 0.4) is 0 Å². The van der Waals surface area contributed by atoms with Gasteiger partial charge in [-0.2, -0.15) is 0 Å². The van der Waals surface area contributed by atoms with E-state index in [1.807, 2.05) is 38.1 Å². The smallest absolute Gasteiger partial charge is 0.303 e. The first-order chi connectivity index (χ1) is 8.90. The predicted molar refractivity (Wildman–Crippen MR) is 72.6 cm³/mol. The standard InChI is InChI=1S/C14H20N2O3/c1-9-3-5-11(6-4-9)10(2)16-14(19)12(15)7-8-13(17)18/h3-6,10,12H,7-8,15H2,1-2H3,(H,16,19)(H,17,18)/t10-,12?/m0/s1. The van der Waals surface area contributed by atoms with E-state index in [1.54, 1.807) is 0 Å². The SMILES string of the molecule is Cc1ccc([C@H](C)NC(=O)C(N)CCC(=O)O)cc1. The minimum Gasteiger partial charge on any atom is -0.481 e. The highest BCUT2D eigenvalue weighted by atomic mass is 16.4. The van der Waals surface area contributed by atoms with Gasteiger partial charge in [0.15, 0.2) is 0 Å². The van der Waals surface area contributed by atoms with E-state index in [2.05, 4.69) is 5.32 Å². The molecule has 0 saturated heterocycles. The van der Waals surface area contributed by atoms with E-state index in [1.165, 1.54) is 0 Å². The predicted octanol–water partition coefficient (Wildman–Crippen LogP) is 1.36. The molecule has 104 valence electrons. The van der Waals surface area contributed by atoms with E-state index in [-0.39, 0.29) is 24.8 Å². The molecule has 2 atom stereocenters. The van der Waals surface area contributed by atoms with Crippen molar-refractivity contribution in [1.82, 2.24) is 5.32 Å². The Labute approximate surface area is 112 Å². The molecule has 0 fully saturated rings. The fourth-order valence-corrected chi connectivity index (χ4v) is 1.67. The van der Waals surface area contributed by atoms with Crippen LogP contribution in [0.4, 0.5) is 0 Å². The summed E-state index contributed by atoms with van der Waals surface area (Å²) in [7, 11) is 0. The third kappa shape index (κ3) is 5.09. The van der Waals surface area contributed by atoms with Gasteiger partial charge in [0.05, 0.1) is 12.1 Å². The van der Waals surface area contributed by atoms with Gasteiger partial charge >= 0.3 is 5.97 Å². The largest absolute Gasteiger partial charge is 0.481 e. The number of carboxylic acids is 1. The summed E-state index contributed by atoms with van der Waals surface area (Å²) in [6.07, 6.45) is 0.0370. The van der Waals surface area contributed by atoms with Crippen molar-refractivity contribution in [3.63, 3.8) is 0 Å². The van der Waals surface area contributed by atoms with E-state index in [0.717, 1.165) is 11.1 Å². The van der Waals surface area contributed by atoms with Gasteiger partial charge in [0.1, 0.15) is 0 Å². The molecule has 1 aromatic rings. The molecule has 1 rings (SSSR count). The maximum absolute atomic E-state index is 11.8. The molecule has 0 bridgehead atoms.